The highest BCUT2D eigenvalue weighted by Gasteiger charge is 2.18. The molecule has 0 saturated carbocycles. The summed E-state index contributed by atoms with van der Waals surface area (Å²) in [4.78, 5) is 23.7. The van der Waals surface area contributed by atoms with Gasteiger partial charge < -0.3 is 4.74 Å². The van der Waals surface area contributed by atoms with Crippen molar-refractivity contribution in [1.82, 2.24) is 4.90 Å². The van der Waals surface area contributed by atoms with Crippen molar-refractivity contribution in [2.75, 3.05) is 20.2 Å². The molecule has 1 aliphatic heterocycles. The average molecular weight is 264 g/mol. The Hall–Kier alpha value is -1.95. The van der Waals surface area contributed by atoms with Gasteiger partial charge in [-0.1, -0.05) is 0 Å². The molecule has 6 heteroatoms. The van der Waals surface area contributed by atoms with E-state index in [1.807, 2.05) is 0 Å². The summed E-state index contributed by atoms with van der Waals surface area (Å²) in [5, 5.41) is 10.8. The molecule has 0 atom stereocenters. The van der Waals surface area contributed by atoms with Gasteiger partial charge in [0.1, 0.15) is 11.5 Å². The van der Waals surface area contributed by atoms with Crippen LogP contribution < -0.4 is 4.74 Å². The quantitative estimate of drug-likeness (QED) is 0.612. The van der Waals surface area contributed by atoms with Gasteiger partial charge in [-0.25, -0.2) is 0 Å². The third kappa shape index (κ3) is 3.51. The molecule has 2 rings (SSSR count). The van der Waals surface area contributed by atoms with Gasteiger partial charge in [0, 0.05) is 38.5 Å². The smallest absolute Gasteiger partial charge is 0.273 e. The van der Waals surface area contributed by atoms with Gasteiger partial charge in [-0.3, -0.25) is 19.8 Å². The van der Waals surface area contributed by atoms with Crippen LogP contribution in [0.4, 0.5) is 5.69 Å². The van der Waals surface area contributed by atoms with Gasteiger partial charge in [-0.05, 0) is 11.6 Å². The molecule has 0 bridgehead atoms. The van der Waals surface area contributed by atoms with Crippen LogP contribution in [0.25, 0.3) is 0 Å². The lowest BCUT2D eigenvalue weighted by Gasteiger charge is -2.25. The number of benzene rings is 1. The Morgan fingerprint density at radius 1 is 1.32 bits per heavy atom. The fourth-order valence-electron chi connectivity index (χ4n) is 2.18. The van der Waals surface area contributed by atoms with Crippen molar-refractivity contribution in [3.63, 3.8) is 0 Å². The first-order valence-electron chi connectivity index (χ1n) is 6.15. The highest BCUT2D eigenvalue weighted by molar-refractivity contribution is 5.79. The van der Waals surface area contributed by atoms with Crippen LogP contribution in [-0.2, 0) is 11.3 Å². The van der Waals surface area contributed by atoms with Crippen molar-refractivity contribution in [3.05, 3.63) is 33.9 Å². The summed E-state index contributed by atoms with van der Waals surface area (Å²) in [6.07, 6.45) is 1.12. The highest BCUT2D eigenvalue weighted by atomic mass is 16.6. The van der Waals surface area contributed by atoms with E-state index in [4.69, 9.17) is 4.74 Å². The average Bonchev–Trinajstić information content (AvgIpc) is 2.41. The van der Waals surface area contributed by atoms with E-state index >= 15 is 0 Å². The second-order valence-corrected chi connectivity index (χ2v) is 4.61. The number of ether oxygens (including phenoxy) is 1. The van der Waals surface area contributed by atoms with Gasteiger partial charge >= 0.3 is 0 Å². The lowest BCUT2D eigenvalue weighted by atomic mass is 10.1. The Morgan fingerprint density at radius 3 is 2.58 bits per heavy atom. The second kappa shape index (κ2) is 5.79. The number of carbonyl (C=O) groups excluding carboxylic acids is 1. The minimum atomic E-state index is -0.425. The molecule has 1 saturated heterocycles. The van der Waals surface area contributed by atoms with Crippen LogP contribution >= 0.6 is 0 Å². The molecular formula is C13H16N2O4. The van der Waals surface area contributed by atoms with Gasteiger partial charge in [0.05, 0.1) is 18.1 Å². The summed E-state index contributed by atoms with van der Waals surface area (Å²) in [7, 11) is 1.49. The molecule has 1 aromatic carbocycles. The van der Waals surface area contributed by atoms with Gasteiger partial charge in [-0.15, -0.1) is 0 Å². The van der Waals surface area contributed by atoms with E-state index in [1.54, 1.807) is 12.1 Å². The normalized spacial score (nSPS) is 16.4. The van der Waals surface area contributed by atoms with E-state index in [2.05, 4.69) is 4.90 Å². The largest absolute Gasteiger partial charge is 0.496 e. The third-order valence-electron chi connectivity index (χ3n) is 3.22. The molecular weight excluding hydrogens is 248 g/mol. The minimum absolute atomic E-state index is 0.0300. The summed E-state index contributed by atoms with van der Waals surface area (Å²) in [6.45, 7) is 2.03. The molecule has 0 amide bonds. The number of nitro benzene ring substituents is 1. The van der Waals surface area contributed by atoms with Crippen molar-refractivity contribution < 1.29 is 14.5 Å². The van der Waals surface area contributed by atoms with Crippen molar-refractivity contribution in [2.24, 2.45) is 0 Å². The number of rotatable bonds is 4. The Balaban J connectivity index is 2.12. The number of hydrogen-bond donors (Lipinski definition) is 0. The first-order chi connectivity index (χ1) is 9.08. The number of Topliss-reactive ketones (excluding diaryl/α,β-unsaturated/α-hetero) is 1. The van der Waals surface area contributed by atoms with Crippen LogP contribution in [0.1, 0.15) is 18.4 Å². The monoisotopic (exact) mass is 264 g/mol. The number of nitro groups is 1. The van der Waals surface area contributed by atoms with Gasteiger partial charge in [-0.2, -0.15) is 0 Å². The molecule has 1 aliphatic rings. The van der Waals surface area contributed by atoms with Crippen LogP contribution in [0.15, 0.2) is 18.2 Å². The zero-order valence-corrected chi connectivity index (χ0v) is 10.8. The SMILES string of the molecule is COc1cc(CN2CCC(=O)CC2)cc([N+](=O)[O-])c1. The van der Waals surface area contributed by atoms with E-state index in [0.717, 1.165) is 5.56 Å². The molecule has 102 valence electrons. The van der Waals surface area contributed by atoms with Crippen LogP contribution in [0.3, 0.4) is 0 Å². The topological polar surface area (TPSA) is 72.7 Å². The number of ketones is 1. The summed E-state index contributed by atoms with van der Waals surface area (Å²) < 4.78 is 5.07. The van der Waals surface area contributed by atoms with Crippen molar-refractivity contribution in [3.8, 4) is 5.75 Å². The molecule has 1 heterocycles. The summed E-state index contributed by atoms with van der Waals surface area (Å²) in [5.74, 6) is 0.769. The number of likely N-dealkylation sites (tertiary alicyclic amines) is 1. The minimum Gasteiger partial charge on any atom is -0.496 e. The van der Waals surface area contributed by atoms with E-state index in [-0.39, 0.29) is 11.5 Å². The molecule has 0 radical (unpaired) electrons. The van der Waals surface area contributed by atoms with Crippen molar-refractivity contribution in [2.45, 2.75) is 19.4 Å². The van der Waals surface area contributed by atoms with E-state index in [9.17, 15) is 14.9 Å². The van der Waals surface area contributed by atoms with Crippen LogP contribution in [0, 0.1) is 10.1 Å². The zero-order valence-electron chi connectivity index (χ0n) is 10.8. The van der Waals surface area contributed by atoms with Crippen molar-refractivity contribution in [1.29, 1.82) is 0 Å². The molecule has 0 aromatic heterocycles. The molecule has 1 fully saturated rings. The van der Waals surface area contributed by atoms with Gasteiger partial charge in [0.15, 0.2) is 0 Å². The standard InChI is InChI=1S/C13H16N2O4/c1-19-13-7-10(6-11(8-13)15(17)18)9-14-4-2-12(16)3-5-14/h6-8H,2-5,9H2,1H3. The Morgan fingerprint density at radius 2 is 2.00 bits per heavy atom. The molecule has 0 N–H and O–H groups in total. The number of carbonyl (C=O) groups is 1. The molecule has 19 heavy (non-hydrogen) atoms. The van der Waals surface area contributed by atoms with Crippen molar-refractivity contribution >= 4 is 11.5 Å². The summed E-state index contributed by atoms with van der Waals surface area (Å²) in [6, 6.07) is 4.76. The molecule has 0 unspecified atom stereocenters. The fourth-order valence-corrected chi connectivity index (χ4v) is 2.18. The number of non-ortho nitro benzene ring substituents is 1. The number of nitrogens with zero attached hydrogens (tertiary/aromatic N) is 2. The van der Waals surface area contributed by atoms with Gasteiger partial charge in [0.25, 0.3) is 5.69 Å². The van der Waals surface area contributed by atoms with Crippen LogP contribution in [0.2, 0.25) is 0 Å². The molecule has 1 aromatic rings. The Kier molecular flexibility index (Phi) is 4.11. The van der Waals surface area contributed by atoms with Crippen LogP contribution in [0.5, 0.6) is 5.75 Å². The maximum absolute atomic E-state index is 11.2. The first-order valence-corrected chi connectivity index (χ1v) is 6.15. The van der Waals surface area contributed by atoms with Gasteiger partial charge in [0.2, 0.25) is 0 Å². The zero-order chi connectivity index (χ0) is 13.8. The summed E-state index contributed by atoms with van der Waals surface area (Å²) in [5.41, 5.74) is 0.864. The van der Waals surface area contributed by atoms with E-state index < -0.39 is 4.92 Å². The second-order valence-electron chi connectivity index (χ2n) is 4.61. The maximum Gasteiger partial charge on any atom is 0.273 e. The Labute approximate surface area is 111 Å². The predicted octanol–water partition coefficient (Wildman–Crippen LogP) is 1.77. The third-order valence-corrected chi connectivity index (χ3v) is 3.22. The lowest BCUT2D eigenvalue weighted by Crippen LogP contribution is -2.33. The maximum atomic E-state index is 11.2. The lowest BCUT2D eigenvalue weighted by molar-refractivity contribution is -0.385. The fraction of sp³-hybridized carbons (Fsp3) is 0.462. The molecule has 0 spiro atoms. The predicted molar refractivity (Wildman–Crippen MR) is 69.2 cm³/mol. The Bertz CT molecular complexity index is 491. The van der Waals surface area contributed by atoms with Crippen LogP contribution in [-0.4, -0.2) is 35.8 Å². The first kappa shape index (κ1) is 13.5. The number of methoxy groups -OCH3 is 1. The molecule has 6 nitrogen and oxygen atoms in total. The van der Waals surface area contributed by atoms with E-state index in [1.165, 1.54) is 13.2 Å². The summed E-state index contributed by atoms with van der Waals surface area (Å²) >= 11 is 0. The molecule has 0 aliphatic carbocycles. The van der Waals surface area contributed by atoms with E-state index in [0.29, 0.717) is 38.2 Å². The number of piperidine rings is 1. The highest BCUT2D eigenvalue weighted by Crippen LogP contribution is 2.24. The number of hydrogen-bond acceptors (Lipinski definition) is 5.